The van der Waals surface area contributed by atoms with Crippen molar-refractivity contribution in [3.8, 4) is 0 Å². The Labute approximate surface area is 160 Å². The number of nitrogens with one attached hydrogen (secondary N) is 2. The van der Waals surface area contributed by atoms with Gasteiger partial charge in [-0.25, -0.2) is 0 Å². The maximum atomic E-state index is 12.5. The van der Waals surface area contributed by atoms with Crippen LogP contribution < -0.4 is 10.6 Å². The molecule has 1 aliphatic heterocycles. The van der Waals surface area contributed by atoms with Crippen LogP contribution in [0.4, 0.5) is 0 Å². The van der Waals surface area contributed by atoms with E-state index in [-0.39, 0.29) is 5.91 Å². The fourth-order valence-electron chi connectivity index (χ4n) is 3.43. The van der Waals surface area contributed by atoms with Crippen molar-refractivity contribution in [2.45, 2.75) is 26.9 Å². The minimum absolute atomic E-state index is 0.0541. The van der Waals surface area contributed by atoms with Crippen molar-refractivity contribution < 1.29 is 4.79 Å². The van der Waals surface area contributed by atoms with Crippen LogP contribution in [0.1, 0.15) is 32.6 Å². The second-order valence-electron chi connectivity index (χ2n) is 6.94. The highest BCUT2D eigenvalue weighted by molar-refractivity contribution is 6.30. The zero-order chi connectivity index (χ0) is 18.5. The van der Waals surface area contributed by atoms with Crippen LogP contribution in [0.15, 0.2) is 36.4 Å². The summed E-state index contributed by atoms with van der Waals surface area (Å²) in [6.07, 6.45) is 0. The Morgan fingerprint density at radius 2 is 1.65 bits per heavy atom. The summed E-state index contributed by atoms with van der Waals surface area (Å²) in [4.78, 5) is 15.0. The summed E-state index contributed by atoms with van der Waals surface area (Å²) in [7, 11) is 0. The Morgan fingerprint density at radius 3 is 2.27 bits per heavy atom. The van der Waals surface area contributed by atoms with Gasteiger partial charge in [-0.15, -0.1) is 0 Å². The van der Waals surface area contributed by atoms with Crippen LogP contribution in [0, 0.1) is 13.8 Å². The highest BCUT2D eigenvalue weighted by Gasteiger charge is 2.13. The molecule has 5 heteroatoms. The van der Waals surface area contributed by atoms with Crippen molar-refractivity contribution in [3.05, 3.63) is 69.2 Å². The summed E-state index contributed by atoms with van der Waals surface area (Å²) >= 11 is 6.05. The van der Waals surface area contributed by atoms with Gasteiger partial charge in [0.25, 0.3) is 5.91 Å². The second kappa shape index (κ2) is 8.67. The quantitative estimate of drug-likeness (QED) is 0.847. The zero-order valence-electron chi connectivity index (χ0n) is 15.4. The van der Waals surface area contributed by atoms with Gasteiger partial charge in [-0.3, -0.25) is 9.69 Å². The van der Waals surface area contributed by atoms with Crippen molar-refractivity contribution in [1.29, 1.82) is 0 Å². The van der Waals surface area contributed by atoms with Gasteiger partial charge >= 0.3 is 0 Å². The zero-order valence-corrected chi connectivity index (χ0v) is 16.2. The lowest BCUT2D eigenvalue weighted by Gasteiger charge is -2.27. The number of carbonyl (C=O) groups excluding carboxylic acids is 1. The third kappa shape index (κ3) is 4.85. The molecule has 0 aromatic heterocycles. The molecule has 2 aromatic carbocycles. The molecule has 4 nitrogen and oxygen atoms in total. The van der Waals surface area contributed by atoms with E-state index in [0.717, 1.165) is 49.4 Å². The molecule has 1 heterocycles. The first-order valence-electron chi connectivity index (χ1n) is 9.09. The van der Waals surface area contributed by atoms with E-state index >= 15 is 0 Å². The van der Waals surface area contributed by atoms with Crippen LogP contribution in [0.2, 0.25) is 5.02 Å². The molecule has 0 unspecified atom stereocenters. The predicted molar refractivity (Wildman–Crippen MR) is 107 cm³/mol. The fourth-order valence-corrected chi connectivity index (χ4v) is 3.76. The molecule has 0 bridgehead atoms. The molecule has 1 saturated heterocycles. The fraction of sp³-hybridized carbons (Fsp3) is 0.381. The molecular formula is C21H26ClN3O. The van der Waals surface area contributed by atoms with Gasteiger partial charge < -0.3 is 10.6 Å². The largest absolute Gasteiger partial charge is 0.348 e. The Hall–Kier alpha value is -1.88. The van der Waals surface area contributed by atoms with E-state index in [9.17, 15) is 4.79 Å². The molecule has 1 aliphatic rings. The van der Waals surface area contributed by atoms with E-state index in [2.05, 4.69) is 39.8 Å². The lowest BCUT2D eigenvalue weighted by Crippen LogP contribution is -2.42. The summed E-state index contributed by atoms with van der Waals surface area (Å²) in [6, 6.07) is 12.2. The first-order valence-corrected chi connectivity index (χ1v) is 9.46. The number of aryl methyl sites for hydroxylation is 2. The van der Waals surface area contributed by atoms with E-state index in [4.69, 9.17) is 11.6 Å². The van der Waals surface area contributed by atoms with E-state index in [1.54, 1.807) is 0 Å². The minimum Gasteiger partial charge on any atom is -0.348 e. The summed E-state index contributed by atoms with van der Waals surface area (Å²) < 4.78 is 0. The van der Waals surface area contributed by atoms with Gasteiger partial charge in [-0.2, -0.15) is 0 Å². The first-order chi connectivity index (χ1) is 12.5. The predicted octanol–water partition coefficient (Wildman–Crippen LogP) is 3.29. The van der Waals surface area contributed by atoms with Crippen LogP contribution in [-0.2, 0) is 13.1 Å². The van der Waals surface area contributed by atoms with Gasteiger partial charge in [0, 0.05) is 49.9 Å². The smallest absolute Gasteiger partial charge is 0.252 e. The number of carbonyl (C=O) groups is 1. The molecule has 0 atom stereocenters. The molecule has 0 radical (unpaired) electrons. The molecule has 1 amide bonds. The monoisotopic (exact) mass is 371 g/mol. The normalized spacial score (nSPS) is 15.0. The highest BCUT2D eigenvalue weighted by Crippen LogP contribution is 2.20. The molecule has 0 saturated carbocycles. The maximum absolute atomic E-state index is 12.5. The molecule has 3 rings (SSSR count). The third-order valence-electron chi connectivity index (χ3n) is 4.82. The summed E-state index contributed by atoms with van der Waals surface area (Å²) in [5.41, 5.74) is 4.93. The van der Waals surface area contributed by atoms with Crippen LogP contribution in [0.25, 0.3) is 0 Å². The van der Waals surface area contributed by atoms with Crippen molar-refractivity contribution in [1.82, 2.24) is 15.5 Å². The van der Waals surface area contributed by atoms with Gasteiger partial charge in [-0.05, 0) is 48.2 Å². The second-order valence-corrected chi connectivity index (χ2v) is 7.38. The lowest BCUT2D eigenvalue weighted by atomic mass is 10.0. The lowest BCUT2D eigenvalue weighted by molar-refractivity contribution is 0.0949. The average molecular weight is 372 g/mol. The van der Waals surface area contributed by atoms with E-state index < -0.39 is 0 Å². The molecule has 2 N–H and O–H groups in total. The van der Waals surface area contributed by atoms with Crippen LogP contribution in [0.5, 0.6) is 0 Å². The van der Waals surface area contributed by atoms with Crippen LogP contribution in [-0.4, -0.2) is 37.0 Å². The summed E-state index contributed by atoms with van der Waals surface area (Å²) in [6.45, 7) is 9.65. The van der Waals surface area contributed by atoms with Crippen molar-refractivity contribution in [2.75, 3.05) is 26.2 Å². The first kappa shape index (κ1) is 18.9. The number of nitrogens with zero attached hydrogens (tertiary/aromatic N) is 1. The SMILES string of the molecule is Cc1cc(Cl)cc(C)c1C(=O)NCc1ccc(CN2CCNCC2)cc1. The topological polar surface area (TPSA) is 44.4 Å². The van der Waals surface area contributed by atoms with Gasteiger partial charge in [0.15, 0.2) is 0 Å². The third-order valence-corrected chi connectivity index (χ3v) is 5.03. The molecule has 1 fully saturated rings. The summed E-state index contributed by atoms with van der Waals surface area (Å²) in [5.74, 6) is -0.0541. The number of rotatable bonds is 5. The van der Waals surface area contributed by atoms with Crippen molar-refractivity contribution in [2.24, 2.45) is 0 Å². The number of hydrogen-bond acceptors (Lipinski definition) is 3. The van der Waals surface area contributed by atoms with Crippen molar-refractivity contribution in [3.63, 3.8) is 0 Å². The summed E-state index contributed by atoms with van der Waals surface area (Å²) in [5, 5.41) is 7.05. The van der Waals surface area contributed by atoms with E-state index in [1.807, 2.05) is 26.0 Å². The van der Waals surface area contributed by atoms with Crippen LogP contribution in [0.3, 0.4) is 0 Å². The highest BCUT2D eigenvalue weighted by atomic mass is 35.5. The Bertz CT molecular complexity index is 744. The molecule has 0 aliphatic carbocycles. The molecule has 0 spiro atoms. The van der Waals surface area contributed by atoms with Gasteiger partial charge in [0.05, 0.1) is 0 Å². The van der Waals surface area contributed by atoms with Gasteiger partial charge in [-0.1, -0.05) is 35.9 Å². The molecule has 26 heavy (non-hydrogen) atoms. The van der Waals surface area contributed by atoms with Crippen molar-refractivity contribution >= 4 is 17.5 Å². The Kier molecular flexibility index (Phi) is 6.30. The van der Waals surface area contributed by atoms with Crippen LogP contribution >= 0.6 is 11.6 Å². The van der Waals surface area contributed by atoms with Gasteiger partial charge in [0.1, 0.15) is 0 Å². The number of amides is 1. The number of halogens is 1. The standard InChI is InChI=1S/C21H26ClN3O/c1-15-11-19(22)12-16(2)20(15)21(26)24-13-17-3-5-18(6-4-17)14-25-9-7-23-8-10-25/h3-6,11-12,23H,7-10,13-14H2,1-2H3,(H,24,26). The van der Waals surface area contributed by atoms with E-state index in [1.165, 1.54) is 5.56 Å². The molecular weight excluding hydrogens is 346 g/mol. The molecule has 138 valence electrons. The number of benzene rings is 2. The maximum Gasteiger partial charge on any atom is 0.252 e. The van der Waals surface area contributed by atoms with E-state index in [0.29, 0.717) is 17.1 Å². The molecule has 2 aromatic rings. The Balaban J connectivity index is 1.57. The number of hydrogen-bond donors (Lipinski definition) is 2. The number of piperazine rings is 1. The minimum atomic E-state index is -0.0541. The Morgan fingerprint density at radius 1 is 1.08 bits per heavy atom. The average Bonchev–Trinajstić information content (AvgIpc) is 2.61. The van der Waals surface area contributed by atoms with Gasteiger partial charge in [0.2, 0.25) is 0 Å².